The summed E-state index contributed by atoms with van der Waals surface area (Å²) in [6.07, 6.45) is 5.22. The zero-order valence-electron chi connectivity index (χ0n) is 14.3. The third-order valence-corrected chi connectivity index (χ3v) is 5.38. The quantitative estimate of drug-likeness (QED) is 0.730. The molecule has 0 saturated carbocycles. The summed E-state index contributed by atoms with van der Waals surface area (Å²) in [7, 11) is 0. The van der Waals surface area contributed by atoms with E-state index in [1.54, 1.807) is 15.8 Å². The van der Waals surface area contributed by atoms with Gasteiger partial charge in [-0.3, -0.25) is 4.42 Å². The average Bonchev–Trinajstić information content (AvgIpc) is 3.44. The molecule has 0 spiro atoms. The first-order valence-corrected chi connectivity index (χ1v) is 9.21. The van der Waals surface area contributed by atoms with Gasteiger partial charge < -0.3 is 14.2 Å². The van der Waals surface area contributed by atoms with E-state index in [0.29, 0.717) is 18.5 Å². The Morgan fingerprint density at radius 3 is 3.04 bits per heavy atom. The van der Waals surface area contributed by atoms with Gasteiger partial charge in [0.05, 0.1) is 11.9 Å². The van der Waals surface area contributed by atoms with Crippen molar-refractivity contribution in [1.82, 2.24) is 19.6 Å². The maximum Gasteiger partial charge on any atom is 0.348 e. The average molecular weight is 386 g/mol. The zero-order valence-corrected chi connectivity index (χ0v) is 15.0. The minimum atomic E-state index is -0.204. The monoisotopic (exact) mass is 385 g/mol. The molecule has 2 aromatic rings. The molecule has 1 aromatic heterocycles. The molecular weight excluding hydrogens is 370 g/mol. The smallest absolute Gasteiger partial charge is 0.348 e. The van der Waals surface area contributed by atoms with Crippen molar-refractivity contribution < 1.29 is 9.26 Å². The second-order valence-corrected chi connectivity index (χ2v) is 7.21. The van der Waals surface area contributed by atoms with Gasteiger partial charge in [-0.25, -0.2) is 10.0 Å². The predicted octanol–water partition coefficient (Wildman–Crippen LogP) is 2.73. The van der Waals surface area contributed by atoms with Crippen molar-refractivity contribution in [3.8, 4) is 0 Å². The number of aliphatic imine (C=N–C) groups is 1. The van der Waals surface area contributed by atoms with Crippen LogP contribution in [-0.2, 0) is 4.74 Å². The van der Waals surface area contributed by atoms with Crippen LogP contribution < -0.4 is 9.91 Å². The van der Waals surface area contributed by atoms with E-state index >= 15 is 0 Å². The lowest BCUT2D eigenvalue weighted by Gasteiger charge is -2.41. The molecule has 10 heteroatoms. The second kappa shape index (κ2) is 5.61. The van der Waals surface area contributed by atoms with E-state index in [1.807, 2.05) is 23.3 Å². The summed E-state index contributed by atoms with van der Waals surface area (Å²) in [5.74, 6) is 1.48. The first kappa shape index (κ1) is 15.3. The number of rotatable bonds is 2. The summed E-state index contributed by atoms with van der Waals surface area (Å²) in [5, 5.41) is 7.90. The number of hydrogen-bond acceptors (Lipinski definition) is 9. The van der Waals surface area contributed by atoms with Gasteiger partial charge in [-0.2, -0.15) is 9.99 Å². The second-order valence-electron chi connectivity index (χ2n) is 6.78. The third-order valence-electron chi connectivity index (χ3n) is 5.17. The Morgan fingerprint density at radius 2 is 2.15 bits per heavy atom. The lowest BCUT2D eigenvalue weighted by atomic mass is 10.1. The number of hydrogen-bond donors (Lipinski definition) is 0. The SMILES string of the molecule is ClN1C=C2N(C1)c1ccccc1C1N=CN(c3nc(C4CCCO4)no3)N21. The van der Waals surface area contributed by atoms with Crippen LogP contribution in [0.25, 0.3) is 0 Å². The van der Waals surface area contributed by atoms with Gasteiger partial charge in [0.2, 0.25) is 5.82 Å². The highest BCUT2D eigenvalue weighted by molar-refractivity contribution is 6.14. The molecule has 0 amide bonds. The number of anilines is 2. The van der Waals surface area contributed by atoms with Crippen LogP contribution in [0.4, 0.5) is 11.7 Å². The number of benzene rings is 1. The molecule has 6 rings (SSSR count). The summed E-state index contributed by atoms with van der Waals surface area (Å²) in [6.45, 7) is 1.29. The number of hydrazine groups is 1. The summed E-state index contributed by atoms with van der Waals surface area (Å²) < 4.78 is 12.8. The lowest BCUT2D eigenvalue weighted by molar-refractivity contribution is 0.103. The van der Waals surface area contributed by atoms with Gasteiger partial charge >= 0.3 is 6.01 Å². The maximum atomic E-state index is 6.29. The van der Waals surface area contributed by atoms with Crippen molar-refractivity contribution in [2.75, 3.05) is 23.2 Å². The highest BCUT2D eigenvalue weighted by Gasteiger charge is 2.45. The fourth-order valence-corrected chi connectivity index (χ4v) is 4.16. The van der Waals surface area contributed by atoms with E-state index in [9.17, 15) is 0 Å². The van der Waals surface area contributed by atoms with Crippen LogP contribution >= 0.6 is 11.8 Å². The van der Waals surface area contributed by atoms with Gasteiger partial charge in [-0.05, 0) is 18.9 Å². The van der Waals surface area contributed by atoms with E-state index in [-0.39, 0.29) is 12.3 Å². The number of ether oxygens (including phenoxy) is 1. The minimum Gasteiger partial charge on any atom is -0.370 e. The first-order chi connectivity index (χ1) is 13.3. The summed E-state index contributed by atoms with van der Waals surface area (Å²) in [4.78, 5) is 11.4. The lowest BCUT2D eigenvalue weighted by Crippen LogP contribution is -2.46. The number of nitrogens with zero attached hydrogens (tertiary/aromatic N) is 7. The molecule has 9 nitrogen and oxygen atoms in total. The molecule has 1 aromatic carbocycles. The Bertz CT molecular complexity index is 954. The van der Waals surface area contributed by atoms with Crippen molar-refractivity contribution in [2.45, 2.75) is 25.1 Å². The van der Waals surface area contributed by atoms with Crippen LogP contribution in [0.1, 0.15) is 36.5 Å². The maximum absolute atomic E-state index is 6.29. The fourth-order valence-electron chi connectivity index (χ4n) is 3.96. The van der Waals surface area contributed by atoms with Gasteiger partial charge in [0.25, 0.3) is 0 Å². The number of para-hydroxylation sites is 1. The van der Waals surface area contributed by atoms with Crippen molar-refractivity contribution in [3.05, 3.63) is 47.7 Å². The van der Waals surface area contributed by atoms with Crippen LogP contribution in [0.5, 0.6) is 0 Å². The van der Waals surface area contributed by atoms with Gasteiger partial charge in [0.15, 0.2) is 6.17 Å². The van der Waals surface area contributed by atoms with Crippen LogP contribution in [-0.4, -0.2) is 39.2 Å². The van der Waals surface area contributed by atoms with Gasteiger partial charge in [-0.1, -0.05) is 23.4 Å². The van der Waals surface area contributed by atoms with E-state index in [4.69, 9.17) is 21.0 Å². The van der Waals surface area contributed by atoms with Crippen LogP contribution in [0, 0.1) is 0 Å². The highest BCUT2D eigenvalue weighted by atomic mass is 35.5. The third kappa shape index (κ3) is 2.18. The molecule has 2 atom stereocenters. The van der Waals surface area contributed by atoms with E-state index in [0.717, 1.165) is 36.5 Å². The molecule has 2 unspecified atom stereocenters. The predicted molar refractivity (Wildman–Crippen MR) is 97.3 cm³/mol. The molecule has 4 aliphatic rings. The topological polar surface area (TPSA) is 73.5 Å². The van der Waals surface area contributed by atoms with Crippen molar-refractivity contribution in [1.29, 1.82) is 0 Å². The Kier molecular flexibility index (Phi) is 3.18. The molecule has 138 valence electrons. The molecule has 4 aliphatic heterocycles. The van der Waals surface area contributed by atoms with E-state index in [2.05, 4.69) is 32.2 Å². The molecule has 0 radical (unpaired) electrons. The number of fused-ring (bicyclic) bond motifs is 6. The van der Waals surface area contributed by atoms with Crippen LogP contribution in [0.15, 0.2) is 45.8 Å². The molecule has 0 N–H and O–H groups in total. The summed E-state index contributed by atoms with van der Waals surface area (Å²) in [6, 6.07) is 8.55. The van der Waals surface area contributed by atoms with Crippen LogP contribution in [0.3, 0.4) is 0 Å². The van der Waals surface area contributed by atoms with Crippen molar-refractivity contribution >= 4 is 29.8 Å². The Balaban J connectivity index is 1.40. The van der Waals surface area contributed by atoms with Gasteiger partial charge in [-0.15, -0.1) is 0 Å². The standard InChI is InChI=1S/C17H16ClN7O2/c18-22-8-14-23(10-22)12-5-2-1-4-11(12)16-19-9-24(25(14)16)17-20-15(21-27-17)13-6-3-7-26-13/h1-2,4-5,8-9,13,16H,3,6-7,10H2. The van der Waals surface area contributed by atoms with Gasteiger partial charge in [0.1, 0.15) is 24.9 Å². The van der Waals surface area contributed by atoms with E-state index < -0.39 is 0 Å². The van der Waals surface area contributed by atoms with Crippen molar-refractivity contribution in [2.24, 2.45) is 4.99 Å². The molecule has 1 fully saturated rings. The van der Waals surface area contributed by atoms with Crippen molar-refractivity contribution in [3.63, 3.8) is 0 Å². The molecular formula is C17H16ClN7O2. The minimum absolute atomic E-state index is 0.0968. The molecule has 0 bridgehead atoms. The molecule has 27 heavy (non-hydrogen) atoms. The normalized spacial score (nSPS) is 25.7. The van der Waals surface area contributed by atoms with Crippen LogP contribution in [0.2, 0.25) is 0 Å². The molecule has 0 aliphatic carbocycles. The fraction of sp³-hybridized carbons (Fsp3) is 0.353. The van der Waals surface area contributed by atoms with E-state index in [1.165, 1.54) is 0 Å². The molecule has 1 saturated heterocycles. The zero-order chi connectivity index (χ0) is 18.0. The largest absolute Gasteiger partial charge is 0.370 e. The van der Waals surface area contributed by atoms with Gasteiger partial charge in [0, 0.05) is 23.9 Å². The molecule has 5 heterocycles. The number of aromatic nitrogens is 2. The number of halogens is 1. The highest BCUT2D eigenvalue weighted by Crippen LogP contribution is 2.46. The first-order valence-electron chi connectivity index (χ1n) is 8.87. The summed E-state index contributed by atoms with van der Waals surface area (Å²) in [5.41, 5.74) is 2.19. The Labute approximate surface area is 160 Å². The Hall–Kier alpha value is -2.78. The summed E-state index contributed by atoms with van der Waals surface area (Å²) >= 11 is 6.29. The Morgan fingerprint density at radius 1 is 1.22 bits per heavy atom.